The Bertz CT molecular complexity index is 369. The average Bonchev–Trinajstić information content (AvgIpc) is 2.67. The first-order valence-electron chi connectivity index (χ1n) is 5.82. The topological polar surface area (TPSA) is 66.8 Å². The number of aliphatic hydroxyl groups is 1. The van der Waals surface area contributed by atoms with E-state index < -0.39 is 36.2 Å². The number of hydrogen-bond acceptors (Lipinski definition) is 4. The summed E-state index contributed by atoms with van der Waals surface area (Å²) in [4.78, 5) is 24.0. The van der Waals surface area contributed by atoms with Gasteiger partial charge in [-0.3, -0.25) is 4.79 Å². The molecule has 0 aromatic heterocycles. The maximum Gasteiger partial charge on any atom is 0.416 e. The van der Waals surface area contributed by atoms with Gasteiger partial charge >= 0.3 is 12.3 Å². The highest BCUT2D eigenvalue weighted by molar-refractivity contribution is 5.95. The number of aliphatic hydroxyl groups excluding tert-OH is 1. The number of halogens is 3. The number of carbonyl (C=O) groups excluding carboxylic acids is 2. The predicted molar refractivity (Wildman–Crippen MR) is 58.0 cm³/mol. The smallest absolute Gasteiger partial charge is 0.416 e. The van der Waals surface area contributed by atoms with Crippen molar-refractivity contribution in [2.45, 2.75) is 39.1 Å². The largest absolute Gasteiger partial charge is 0.447 e. The van der Waals surface area contributed by atoms with Gasteiger partial charge in [0.1, 0.15) is 6.61 Å². The third kappa shape index (κ3) is 3.17. The molecule has 1 aliphatic heterocycles. The van der Waals surface area contributed by atoms with Gasteiger partial charge in [0.05, 0.1) is 12.0 Å². The van der Waals surface area contributed by atoms with Gasteiger partial charge in [-0.25, -0.2) is 9.69 Å². The van der Waals surface area contributed by atoms with Gasteiger partial charge in [0, 0.05) is 0 Å². The summed E-state index contributed by atoms with van der Waals surface area (Å²) in [5.74, 6) is -2.98. The van der Waals surface area contributed by atoms with Gasteiger partial charge in [0.25, 0.3) is 0 Å². The van der Waals surface area contributed by atoms with Gasteiger partial charge in [-0.15, -0.1) is 0 Å². The SMILES string of the molecule is CC(C)[C@H]1COC(=O)N1C(=O)[C@@H](C)[C@@H](O)C(F)(F)F. The van der Waals surface area contributed by atoms with Crippen LogP contribution in [-0.2, 0) is 9.53 Å². The van der Waals surface area contributed by atoms with Crippen LogP contribution in [0.15, 0.2) is 0 Å². The lowest BCUT2D eigenvalue weighted by molar-refractivity contribution is -0.219. The van der Waals surface area contributed by atoms with E-state index in [2.05, 4.69) is 4.74 Å². The second kappa shape index (κ2) is 5.36. The van der Waals surface area contributed by atoms with Crippen LogP contribution >= 0.6 is 0 Å². The van der Waals surface area contributed by atoms with Gasteiger partial charge in [-0.05, 0) is 5.92 Å². The molecule has 0 spiro atoms. The molecular formula is C11H16F3NO4. The van der Waals surface area contributed by atoms with Crippen LogP contribution in [-0.4, -0.2) is 46.9 Å². The van der Waals surface area contributed by atoms with Crippen molar-refractivity contribution in [1.29, 1.82) is 0 Å². The van der Waals surface area contributed by atoms with Crippen molar-refractivity contribution in [3.8, 4) is 0 Å². The average molecular weight is 283 g/mol. The van der Waals surface area contributed by atoms with E-state index in [1.54, 1.807) is 13.8 Å². The Kier molecular flexibility index (Phi) is 4.44. The van der Waals surface area contributed by atoms with Crippen molar-refractivity contribution in [3.63, 3.8) is 0 Å². The Balaban J connectivity index is 2.89. The minimum Gasteiger partial charge on any atom is -0.447 e. The van der Waals surface area contributed by atoms with Gasteiger partial charge in [0.15, 0.2) is 6.10 Å². The quantitative estimate of drug-likeness (QED) is 0.853. The van der Waals surface area contributed by atoms with Crippen molar-refractivity contribution in [2.24, 2.45) is 11.8 Å². The molecule has 110 valence electrons. The number of carbonyl (C=O) groups is 2. The molecule has 2 amide bonds. The molecule has 19 heavy (non-hydrogen) atoms. The zero-order valence-corrected chi connectivity index (χ0v) is 10.8. The Hall–Kier alpha value is -1.31. The second-order valence-corrected chi connectivity index (χ2v) is 4.87. The second-order valence-electron chi connectivity index (χ2n) is 4.87. The maximum absolute atomic E-state index is 12.4. The van der Waals surface area contributed by atoms with Crippen molar-refractivity contribution in [3.05, 3.63) is 0 Å². The fourth-order valence-corrected chi connectivity index (χ4v) is 1.82. The molecule has 1 heterocycles. The van der Waals surface area contributed by atoms with E-state index in [1.807, 2.05) is 0 Å². The van der Waals surface area contributed by atoms with Gasteiger partial charge < -0.3 is 9.84 Å². The normalized spacial score (nSPS) is 23.5. The lowest BCUT2D eigenvalue weighted by atomic mass is 9.99. The highest BCUT2D eigenvalue weighted by Gasteiger charge is 2.49. The van der Waals surface area contributed by atoms with E-state index in [4.69, 9.17) is 5.11 Å². The number of alkyl halides is 3. The highest BCUT2D eigenvalue weighted by Crippen LogP contribution is 2.29. The number of ether oxygens (including phenoxy) is 1. The van der Waals surface area contributed by atoms with Gasteiger partial charge in [0.2, 0.25) is 5.91 Å². The minimum absolute atomic E-state index is 0.0446. The first kappa shape index (κ1) is 15.7. The predicted octanol–water partition coefficient (Wildman–Crippen LogP) is 1.55. The standard InChI is InChI=1S/C11H16F3NO4/c1-5(2)7-4-19-10(18)15(7)9(17)6(3)8(16)11(12,13)14/h5-8,16H,4H2,1-3H3/t6-,7+,8+/m0/s1. The molecule has 1 fully saturated rings. The molecule has 0 aromatic carbocycles. The molecule has 1 saturated heterocycles. The summed E-state index contributed by atoms with van der Waals surface area (Å²) in [5.41, 5.74) is 0. The number of rotatable bonds is 3. The number of amides is 2. The first-order valence-corrected chi connectivity index (χ1v) is 5.82. The molecule has 3 atom stereocenters. The van der Waals surface area contributed by atoms with Crippen molar-refractivity contribution < 1.29 is 32.6 Å². The van der Waals surface area contributed by atoms with Crippen LogP contribution < -0.4 is 0 Å². The third-order valence-electron chi connectivity index (χ3n) is 3.11. The van der Waals surface area contributed by atoms with Crippen LogP contribution in [0.2, 0.25) is 0 Å². The summed E-state index contributed by atoms with van der Waals surface area (Å²) < 4.78 is 41.8. The molecule has 1 N–H and O–H groups in total. The Morgan fingerprint density at radius 2 is 1.95 bits per heavy atom. The molecule has 0 radical (unpaired) electrons. The molecule has 0 saturated carbocycles. The van der Waals surface area contributed by atoms with Crippen molar-refractivity contribution in [1.82, 2.24) is 4.90 Å². The van der Waals surface area contributed by atoms with Crippen LogP contribution in [0, 0.1) is 11.8 Å². The highest BCUT2D eigenvalue weighted by atomic mass is 19.4. The van der Waals surface area contributed by atoms with E-state index in [9.17, 15) is 22.8 Å². The van der Waals surface area contributed by atoms with E-state index in [0.29, 0.717) is 4.90 Å². The van der Waals surface area contributed by atoms with E-state index in [0.717, 1.165) is 6.92 Å². The molecule has 0 bridgehead atoms. The van der Waals surface area contributed by atoms with Crippen molar-refractivity contribution in [2.75, 3.05) is 6.61 Å². The van der Waals surface area contributed by atoms with Crippen LogP contribution in [0.3, 0.4) is 0 Å². The fraction of sp³-hybridized carbons (Fsp3) is 0.818. The summed E-state index contributed by atoms with van der Waals surface area (Å²) in [5, 5.41) is 9.07. The summed E-state index contributed by atoms with van der Waals surface area (Å²) >= 11 is 0. The zero-order valence-electron chi connectivity index (χ0n) is 10.8. The molecule has 0 unspecified atom stereocenters. The number of nitrogens with zero attached hydrogens (tertiary/aromatic N) is 1. The molecule has 5 nitrogen and oxygen atoms in total. The van der Waals surface area contributed by atoms with E-state index >= 15 is 0 Å². The lowest BCUT2D eigenvalue weighted by Crippen LogP contribution is -2.49. The van der Waals surface area contributed by atoms with Crippen LogP contribution in [0.4, 0.5) is 18.0 Å². The summed E-state index contributed by atoms with van der Waals surface area (Å²) in [6, 6.07) is -0.608. The van der Waals surface area contributed by atoms with Crippen LogP contribution in [0.5, 0.6) is 0 Å². The summed E-state index contributed by atoms with van der Waals surface area (Å²) in [6.07, 6.45) is -8.68. The van der Waals surface area contributed by atoms with E-state index in [1.165, 1.54) is 0 Å². The number of cyclic esters (lactones) is 1. The molecule has 8 heteroatoms. The van der Waals surface area contributed by atoms with Gasteiger partial charge in [-0.2, -0.15) is 13.2 Å². The minimum atomic E-state index is -4.91. The zero-order chi connectivity index (χ0) is 15.0. The lowest BCUT2D eigenvalue weighted by Gasteiger charge is -2.27. The van der Waals surface area contributed by atoms with Crippen LogP contribution in [0.1, 0.15) is 20.8 Å². The summed E-state index contributed by atoms with van der Waals surface area (Å²) in [7, 11) is 0. The maximum atomic E-state index is 12.4. The molecule has 0 aliphatic carbocycles. The number of imide groups is 1. The van der Waals surface area contributed by atoms with Crippen LogP contribution in [0.25, 0.3) is 0 Å². The first-order chi connectivity index (χ1) is 8.57. The fourth-order valence-electron chi connectivity index (χ4n) is 1.82. The third-order valence-corrected chi connectivity index (χ3v) is 3.11. The van der Waals surface area contributed by atoms with Crippen molar-refractivity contribution >= 4 is 12.0 Å². The molecule has 1 aliphatic rings. The molecular weight excluding hydrogens is 267 g/mol. The molecule has 1 rings (SSSR count). The molecule has 0 aromatic rings. The summed E-state index contributed by atoms with van der Waals surface area (Å²) in [6.45, 7) is 4.33. The number of hydrogen-bond donors (Lipinski definition) is 1. The Morgan fingerprint density at radius 1 is 1.42 bits per heavy atom. The Labute approximate surface area is 108 Å². The van der Waals surface area contributed by atoms with E-state index in [-0.39, 0.29) is 12.5 Å². The van der Waals surface area contributed by atoms with Gasteiger partial charge in [-0.1, -0.05) is 20.8 Å². The monoisotopic (exact) mass is 283 g/mol. The Morgan fingerprint density at radius 3 is 2.37 bits per heavy atom.